The molecule has 0 saturated carbocycles. The highest BCUT2D eigenvalue weighted by molar-refractivity contribution is 7.16. The van der Waals surface area contributed by atoms with Crippen LogP contribution in [-0.4, -0.2) is 0 Å². The largest absolute Gasteiger partial charge is 0.149 e. The molecule has 3 heteroatoms. The molecule has 0 unspecified atom stereocenters. The van der Waals surface area contributed by atoms with Crippen molar-refractivity contribution in [2.24, 2.45) is 0 Å². The lowest BCUT2D eigenvalue weighted by Crippen LogP contribution is -1.81. The second-order valence-electron chi connectivity index (χ2n) is 6.07. The average Bonchev–Trinajstić information content (AvgIpc) is 3.28. The second-order valence-corrected chi connectivity index (χ2v) is 9.76. The van der Waals surface area contributed by atoms with E-state index in [1.807, 2.05) is 34.0 Å². The number of hydrogen-bond donors (Lipinski definition) is 0. The first-order valence-corrected chi connectivity index (χ1v) is 10.4. The minimum absolute atomic E-state index is 1.31. The predicted molar refractivity (Wildman–Crippen MR) is 111 cm³/mol. The van der Waals surface area contributed by atoms with Crippen molar-refractivity contribution in [1.29, 1.82) is 0 Å². The van der Waals surface area contributed by atoms with Crippen molar-refractivity contribution in [3.63, 3.8) is 0 Å². The van der Waals surface area contributed by atoms with Crippen molar-refractivity contribution >= 4 is 34.0 Å². The fraction of sp³-hybridized carbons (Fsp3) is 0.143. The number of aryl methyl sites for hydroxylation is 3. The maximum absolute atomic E-state index is 2.33. The van der Waals surface area contributed by atoms with E-state index in [1.54, 1.807) is 0 Å². The highest BCUT2D eigenvalue weighted by atomic mass is 32.1. The van der Waals surface area contributed by atoms with Crippen LogP contribution >= 0.6 is 34.0 Å². The Morgan fingerprint density at radius 1 is 0.542 bits per heavy atom. The molecular formula is C21H18S3. The first-order chi connectivity index (χ1) is 11.6. The Hall–Kier alpha value is -1.68. The SMILES string of the molecule is Cc1cc(-c2cc(-c3ccc(C)s3)cc(-c3ccc(C)s3)c2)cs1. The molecule has 4 rings (SSSR count). The molecule has 24 heavy (non-hydrogen) atoms. The average molecular weight is 367 g/mol. The molecule has 0 aliphatic rings. The van der Waals surface area contributed by atoms with E-state index in [9.17, 15) is 0 Å². The highest BCUT2D eigenvalue weighted by Gasteiger charge is 2.10. The topological polar surface area (TPSA) is 0 Å². The second kappa shape index (κ2) is 6.32. The summed E-state index contributed by atoms with van der Waals surface area (Å²) in [5.74, 6) is 0. The van der Waals surface area contributed by atoms with Crippen LogP contribution in [0.4, 0.5) is 0 Å². The van der Waals surface area contributed by atoms with Crippen LogP contribution in [0.15, 0.2) is 53.9 Å². The summed E-state index contributed by atoms with van der Waals surface area (Å²) in [6.07, 6.45) is 0. The highest BCUT2D eigenvalue weighted by Crippen LogP contribution is 2.38. The maximum Gasteiger partial charge on any atom is 0.0345 e. The number of hydrogen-bond acceptors (Lipinski definition) is 3. The van der Waals surface area contributed by atoms with Gasteiger partial charge in [0.05, 0.1) is 0 Å². The summed E-state index contributed by atoms with van der Waals surface area (Å²) in [6.45, 7) is 6.51. The van der Waals surface area contributed by atoms with Gasteiger partial charge < -0.3 is 0 Å². The quantitative estimate of drug-likeness (QED) is 0.347. The van der Waals surface area contributed by atoms with E-state index in [-0.39, 0.29) is 0 Å². The number of thiophene rings is 3. The zero-order valence-corrected chi connectivity index (χ0v) is 16.4. The molecule has 0 spiro atoms. The smallest absolute Gasteiger partial charge is 0.0345 e. The lowest BCUT2D eigenvalue weighted by atomic mass is 10.00. The van der Waals surface area contributed by atoms with Gasteiger partial charge in [-0.25, -0.2) is 0 Å². The molecule has 0 nitrogen and oxygen atoms in total. The number of rotatable bonds is 3. The van der Waals surface area contributed by atoms with Gasteiger partial charge in [0.25, 0.3) is 0 Å². The first-order valence-electron chi connectivity index (χ1n) is 7.93. The third-order valence-electron chi connectivity index (χ3n) is 4.05. The molecule has 120 valence electrons. The molecule has 4 aromatic rings. The van der Waals surface area contributed by atoms with Crippen LogP contribution in [0.2, 0.25) is 0 Å². The van der Waals surface area contributed by atoms with E-state index in [2.05, 4.69) is 74.7 Å². The van der Waals surface area contributed by atoms with E-state index in [0.717, 1.165) is 0 Å². The fourth-order valence-corrected chi connectivity index (χ4v) is 5.27. The molecule has 0 atom stereocenters. The summed E-state index contributed by atoms with van der Waals surface area (Å²) in [6, 6.07) is 18.2. The molecule has 0 aliphatic heterocycles. The Balaban J connectivity index is 1.90. The molecule has 0 saturated heterocycles. The molecule has 3 heterocycles. The predicted octanol–water partition coefficient (Wildman–Crippen LogP) is 7.80. The van der Waals surface area contributed by atoms with Gasteiger partial charge in [0.15, 0.2) is 0 Å². The van der Waals surface area contributed by atoms with E-state index in [1.165, 1.54) is 46.6 Å². The minimum atomic E-state index is 1.31. The third kappa shape index (κ3) is 3.12. The van der Waals surface area contributed by atoms with Gasteiger partial charge in [0, 0.05) is 24.4 Å². The Morgan fingerprint density at radius 3 is 1.50 bits per heavy atom. The van der Waals surface area contributed by atoms with Gasteiger partial charge in [-0.1, -0.05) is 0 Å². The Labute approximate surface area is 155 Å². The molecule has 0 aliphatic carbocycles. The van der Waals surface area contributed by atoms with Crippen molar-refractivity contribution in [2.75, 3.05) is 0 Å². The first kappa shape index (κ1) is 15.8. The summed E-state index contributed by atoms with van der Waals surface area (Å²) >= 11 is 5.55. The Bertz CT molecular complexity index is 856. The van der Waals surface area contributed by atoms with Crippen molar-refractivity contribution in [2.45, 2.75) is 20.8 Å². The normalized spacial score (nSPS) is 11.1. The van der Waals surface area contributed by atoms with Gasteiger partial charge in [-0.15, -0.1) is 34.0 Å². The lowest BCUT2D eigenvalue weighted by Gasteiger charge is -2.07. The van der Waals surface area contributed by atoms with E-state index >= 15 is 0 Å². The van der Waals surface area contributed by atoms with Crippen LogP contribution in [0.25, 0.3) is 32.0 Å². The molecule has 0 N–H and O–H groups in total. The van der Waals surface area contributed by atoms with Gasteiger partial charge in [0.2, 0.25) is 0 Å². The molecule has 1 aromatic carbocycles. The van der Waals surface area contributed by atoms with E-state index in [0.29, 0.717) is 0 Å². The van der Waals surface area contributed by atoms with Crippen LogP contribution in [0, 0.1) is 20.8 Å². The van der Waals surface area contributed by atoms with Crippen LogP contribution in [0.3, 0.4) is 0 Å². The summed E-state index contributed by atoms with van der Waals surface area (Å²) in [7, 11) is 0. The summed E-state index contributed by atoms with van der Waals surface area (Å²) < 4.78 is 0. The fourth-order valence-electron chi connectivity index (χ4n) is 2.85. The molecule has 0 radical (unpaired) electrons. The van der Waals surface area contributed by atoms with Crippen LogP contribution in [-0.2, 0) is 0 Å². The molecule has 0 fully saturated rings. The molecule has 3 aromatic heterocycles. The van der Waals surface area contributed by atoms with Gasteiger partial charge in [-0.2, -0.15) is 0 Å². The van der Waals surface area contributed by atoms with Crippen molar-refractivity contribution in [3.8, 4) is 32.0 Å². The van der Waals surface area contributed by atoms with E-state index < -0.39 is 0 Å². The Morgan fingerprint density at radius 2 is 1.08 bits per heavy atom. The zero-order chi connectivity index (χ0) is 16.7. The van der Waals surface area contributed by atoms with Crippen molar-refractivity contribution in [3.05, 3.63) is 68.5 Å². The van der Waals surface area contributed by atoms with Crippen LogP contribution in [0.5, 0.6) is 0 Å². The molecular weight excluding hydrogens is 348 g/mol. The maximum atomic E-state index is 2.33. The zero-order valence-electron chi connectivity index (χ0n) is 13.9. The van der Waals surface area contributed by atoms with Gasteiger partial charge in [0.1, 0.15) is 0 Å². The lowest BCUT2D eigenvalue weighted by molar-refractivity contribution is 1.61. The summed E-state index contributed by atoms with van der Waals surface area (Å²) in [5.41, 5.74) is 5.26. The number of benzene rings is 1. The third-order valence-corrected chi connectivity index (χ3v) is 7.01. The monoisotopic (exact) mass is 366 g/mol. The summed E-state index contributed by atoms with van der Waals surface area (Å²) in [5, 5.41) is 2.26. The van der Waals surface area contributed by atoms with Crippen LogP contribution in [0.1, 0.15) is 14.6 Å². The molecule has 0 amide bonds. The summed E-state index contributed by atoms with van der Waals surface area (Å²) in [4.78, 5) is 6.76. The Kier molecular flexibility index (Phi) is 4.17. The van der Waals surface area contributed by atoms with Gasteiger partial charge >= 0.3 is 0 Å². The molecule has 0 bridgehead atoms. The van der Waals surface area contributed by atoms with Crippen molar-refractivity contribution < 1.29 is 0 Å². The minimum Gasteiger partial charge on any atom is -0.149 e. The van der Waals surface area contributed by atoms with Gasteiger partial charge in [-0.3, -0.25) is 0 Å². The standard InChI is InChI=1S/C21H18S3/c1-13-4-6-20(23-13)17-9-16(19-8-15(3)22-12-19)10-18(11-17)21-7-5-14(2)24-21/h4-12H,1-3H3. The van der Waals surface area contributed by atoms with Crippen LogP contribution < -0.4 is 0 Å². The van der Waals surface area contributed by atoms with E-state index in [4.69, 9.17) is 0 Å². The van der Waals surface area contributed by atoms with Crippen molar-refractivity contribution in [1.82, 2.24) is 0 Å². The van der Waals surface area contributed by atoms with Gasteiger partial charge in [-0.05, 0) is 96.9 Å².